The van der Waals surface area contributed by atoms with Crippen LogP contribution in [0.5, 0.6) is 5.75 Å². The van der Waals surface area contributed by atoms with Crippen molar-refractivity contribution < 1.29 is 17.9 Å². The quantitative estimate of drug-likeness (QED) is 0.845. The number of carbonyl (C=O) groups excluding carboxylic acids is 1. The topological polar surface area (TPSA) is 84.5 Å². The summed E-state index contributed by atoms with van der Waals surface area (Å²) in [6.07, 6.45) is 0. The van der Waals surface area contributed by atoms with Crippen LogP contribution in [-0.2, 0) is 14.8 Å². The van der Waals surface area contributed by atoms with Crippen molar-refractivity contribution in [2.75, 3.05) is 18.4 Å². The predicted octanol–water partition coefficient (Wildman–Crippen LogP) is 1.92. The number of benzene rings is 2. The van der Waals surface area contributed by atoms with Gasteiger partial charge >= 0.3 is 0 Å². The highest BCUT2D eigenvalue weighted by atomic mass is 32.2. The molecule has 1 amide bonds. The highest BCUT2D eigenvalue weighted by Crippen LogP contribution is 2.21. The molecule has 0 radical (unpaired) electrons. The second kappa shape index (κ2) is 7.15. The number of ether oxygens (including phenoxy) is 1. The van der Waals surface area contributed by atoms with Crippen LogP contribution in [0.25, 0.3) is 0 Å². The van der Waals surface area contributed by atoms with Crippen LogP contribution in [0.4, 0.5) is 5.69 Å². The molecular weight excluding hydrogens is 316 g/mol. The number of aryl methyl sites for hydroxylation is 1. The fourth-order valence-electron chi connectivity index (χ4n) is 1.83. The minimum Gasteiger partial charge on any atom is -0.484 e. The van der Waals surface area contributed by atoms with E-state index < -0.39 is 10.0 Å². The van der Waals surface area contributed by atoms with E-state index in [4.69, 9.17) is 4.74 Å². The zero-order valence-corrected chi connectivity index (χ0v) is 13.7. The maximum atomic E-state index is 12.4. The molecular formula is C16H18N2O4S. The van der Waals surface area contributed by atoms with Crippen molar-refractivity contribution in [3.63, 3.8) is 0 Å². The Hall–Kier alpha value is -2.54. The Kier molecular flexibility index (Phi) is 5.23. The molecule has 2 N–H and O–H groups in total. The smallest absolute Gasteiger partial charge is 0.261 e. The first kappa shape index (κ1) is 16.8. The van der Waals surface area contributed by atoms with Crippen LogP contribution in [0.3, 0.4) is 0 Å². The number of hydrogen-bond acceptors (Lipinski definition) is 4. The van der Waals surface area contributed by atoms with Crippen LogP contribution < -0.4 is 14.8 Å². The van der Waals surface area contributed by atoms with Gasteiger partial charge in [-0.25, -0.2) is 8.42 Å². The van der Waals surface area contributed by atoms with Crippen molar-refractivity contribution in [3.8, 4) is 5.75 Å². The maximum absolute atomic E-state index is 12.4. The molecule has 0 heterocycles. The van der Waals surface area contributed by atoms with E-state index in [1.54, 1.807) is 12.1 Å². The Morgan fingerprint density at radius 3 is 2.35 bits per heavy atom. The fraction of sp³-hybridized carbons (Fsp3) is 0.188. The van der Waals surface area contributed by atoms with Crippen LogP contribution in [0.2, 0.25) is 0 Å². The average Bonchev–Trinajstić information content (AvgIpc) is 2.55. The van der Waals surface area contributed by atoms with E-state index in [9.17, 15) is 13.2 Å². The molecule has 7 heteroatoms. The number of carbonyl (C=O) groups is 1. The van der Waals surface area contributed by atoms with Crippen LogP contribution in [0, 0.1) is 6.92 Å². The van der Waals surface area contributed by atoms with Gasteiger partial charge in [-0.2, -0.15) is 0 Å². The van der Waals surface area contributed by atoms with Crippen molar-refractivity contribution in [1.82, 2.24) is 5.32 Å². The second-order valence-corrected chi connectivity index (χ2v) is 6.54. The minimum atomic E-state index is -3.67. The largest absolute Gasteiger partial charge is 0.484 e. The highest BCUT2D eigenvalue weighted by Gasteiger charge is 2.15. The van der Waals surface area contributed by atoms with E-state index in [1.165, 1.54) is 31.3 Å². The zero-order valence-electron chi connectivity index (χ0n) is 12.9. The highest BCUT2D eigenvalue weighted by molar-refractivity contribution is 7.92. The molecule has 0 fully saturated rings. The third kappa shape index (κ3) is 4.46. The molecule has 0 aliphatic carbocycles. The predicted molar refractivity (Wildman–Crippen MR) is 88.0 cm³/mol. The third-order valence-electron chi connectivity index (χ3n) is 3.17. The molecule has 0 aromatic heterocycles. The second-order valence-electron chi connectivity index (χ2n) is 4.85. The Bertz CT molecular complexity index is 786. The molecule has 0 bridgehead atoms. The van der Waals surface area contributed by atoms with Crippen LogP contribution in [0.1, 0.15) is 5.56 Å². The number of hydrogen-bond donors (Lipinski definition) is 2. The van der Waals surface area contributed by atoms with Gasteiger partial charge in [0.05, 0.1) is 10.6 Å². The number of anilines is 1. The number of likely N-dealkylation sites (N-methyl/N-ethyl adjacent to an activating group) is 1. The van der Waals surface area contributed by atoms with Gasteiger partial charge in [0.25, 0.3) is 15.9 Å². The SMILES string of the molecule is CNC(=O)COc1ccc(S(=O)(=O)Nc2ccccc2C)cc1. The molecule has 0 aliphatic rings. The van der Waals surface area contributed by atoms with E-state index in [1.807, 2.05) is 19.1 Å². The van der Waals surface area contributed by atoms with Gasteiger partial charge in [0, 0.05) is 7.05 Å². The summed E-state index contributed by atoms with van der Waals surface area (Å²) < 4.78 is 32.5. The lowest BCUT2D eigenvalue weighted by Crippen LogP contribution is -2.24. The van der Waals surface area contributed by atoms with Gasteiger partial charge < -0.3 is 10.1 Å². The van der Waals surface area contributed by atoms with E-state index in [0.29, 0.717) is 11.4 Å². The van der Waals surface area contributed by atoms with Gasteiger partial charge in [0.1, 0.15) is 5.75 Å². The molecule has 2 aromatic rings. The molecule has 0 spiro atoms. The summed E-state index contributed by atoms with van der Waals surface area (Å²) in [4.78, 5) is 11.2. The van der Waals surface area contributed by atoms with Crippen molar-refractivity contribution in [1.29, 1.82) is 0 Å². The van der Waals surface area contributed by atoms with Gasteiger partial charge in [-0.1, -0.05) is 18.2 Å². The van der Waals surface area contributed by atoms with Crippen LogP contribution >= 0.6 is 0 Å². The Labute approximate surface area is 135 Å². The van der Waals surface area contributed by atoms with Crippen molar-refractivity contribution >= 4 is 21.6 Å². The van der Waals surface area contributed by atoms with Crippen molar-refractivity contribution in [2.45, 2.75) is 11.8 Å². The lowest BCUT2D eigenvalue weighted by atomic mass is 10.2. The summed E-state index contributed by atoms with van der Waals surface area (Å²) >= 11 is 0. The summed E-state index contributed by atoms with van der Waals surface area (Å²) in [6, 6.07) is 13.0. The third-order valence-corrected chi connectivity index (χ3v) is 4.55. The normalized spacial score (nSPS) is 10.9. The van der Waals surface area contributed by atoms with Gasteiger partial charge in [-0.3, -0.25) is 9.52 Å². The van der Waals surface area contributed by atoms with Crippen LogP contribution in [-0.4, -0.2) is 28.0 Å². The number of amides is 1. The Morgan fingerprint density at radius 2 is 1.74 bits per heavy atom. The molecule has 0 saturated heterocycles. The zero-order chi connectivity index (χ0) is 16.9. The fourth-order valence-corrected chi connectivity index (χ4v) is 2.96. The summed E-state index contributed by atoms with van der Waals surface area (Å²) in [6.45, 7) is 1.71. The number of sulfonamides is 1. The van der Waals surface area contributed by atoms with Gasteiger partial charge in [0.2, 0.25) is 0 Å². The molecule has 122 valence electrons. The van der Waals surface area contributed by atoms with Crippen molar-refractivity contribution in [3.05, 3.63) is 54.1 Å². The molecule has 2 rings (SSSR count). The summed E-state index contributed by atoms with van der Waals surface area (Å²) in [5.41, 5.74) is 1.37. The first-order valence-electron chi connectivity index (χ1n) is 6.94. The summed E-state index contributed by atoms with van der Waals surface area (Å²) in [5.74, 6) is 0.159. The summed E-state index contributed by atoms with van der Waals surface area (Å²) in [5, 5.41) is 2.43. The van der Waals surface area contributed by atoms with E-state index >= 15 is 0 Å². The maximum Gasteiger partial charge on any atom is 0.261 e. The number of nitrogens with one attached hydrogen (secondary N) is 2. The summed E-state index contributed by atoms with van der Waals surface area (Å²) in [7, 11) is -2.16. The monoisotopic (exact) mass is 334 g/mol. The number of para-hydroxylation sites is 1. The lowest BCUT2D eigenvalue weighted by molar-refractivity contribution is -0.122. The Morgan fingerprint density at radius 1 is 1.09 bits per heavy atom. The van der Waals surface area contributed by atoms with Gasteiger partial charge in [-0.15, -0.1) is 0 Å². The molecule has 2 aromatic carbocycles. The average molecular weight is 334 g/mol. The molecule has 0 saturated carbocycles. The van der Waals surface area contributed by atoms with Crippen LogP contribution in [0.15, 0.2) is 53.4 Å². The van der Waals surface area contributed by atoms with Crippen molar-refractivity contribution in [2.24, 2.45) is 0 Å². The lowest BCUT2D eigenvalue weighted by Gasteiger charge is -2.11. The van der Waals surface area contributed by atoms with Gasteiger partial charge in [0.15, 0.2) is 6.61 Å². The number of rotatable bonds is 6. The molecule has 0 aliphatic heterocycles. The first-order valence-corrected chi connectivity index (χ1v) is 8.42. The molecule has 0 atom stereocenters. The first-order chi connectivity index (χ1) is 10.9. The van der Waals surface area contributed by atoms with E-state index in [2.05, 4.69) is 10.0 Å². The van der Waals surface area contributed by atoms with Gasteiger partial charge in [-0.05, 0) is 42.8 Å². The van der Waals surface area contributed by atoms with E-state index in [-0.39, 0.29) is 17.4 Å². The molecule has 6 nitrogen and oxygen atoms in total. The Balaban J connectivity index is 2.11. The standard InChI is InChI=1S/C16H18N2O4S/c1-12-5-3-4-6-15(12)18-23(20,21)14-9-7-13(8-10-14)22-11-16(19)17-2/h3-10,18H,11H2,1-2H3,(H,17,19). The molecule has 0 unspecified atom stereocenters. The molecule has 23 heavy (non-hydrogen) atoms. The minimum absolute atomic E-state index is 0.119. The van der Waals surface area contributed by atoms with E-state index in [0.717, 1.165) is 5.56 Å².